The van der Waals surface area contributed by atoms with Crippen LogP contribution in [0.15, 0.2) is 42.5 Å². The molecule has 0 amide bonds. The molecule has 0 heterocycles. The molecule has 0 bridgehead atoms. The Morgan fingerprint density at radius 2 is 1.63 bits per heavy atom. The monoisotopic (exact) mass is 374 g/mol. The van der Waals surface area contributed by atoms with Gasteiger partial charge < -0.3 is 14.2 Å². The van der Waals surface area contributed by atoms with Crippen LogP contribution in [0.25, 0.3) is 0 Å². The van der Waals surface area contributed by atoms with Gasteiger partial charge in [-0.15, -0.1) is 0 Å². The van der Waals surface area contributed by atoms with Gasteiger partial charge in [0, 0.05) is 11.1 Å². The lowest BCUT2D eigenvalue weighted by Crippen LogP contribution is -2.27. The van der Waals surface area contributed by atoms with Gasteiger partial charge in [0.2, 0.25) is 5.78 Å². The van der Waals surface area contributed by atoms with Gasteiger partial charge in [-0.3, -0.25) is 9.59 Å². The van der Waals surface area contributed by atoms with Crippen molar-refractivity contribution in [3.63, 3.8) is 0 Å². The van der Waals surface area contributed by atoms with E-state index in [2.05, 4.69) is 0 Å². The highest BCUT2D eigenvalue weighted by Gasteiger charge is 2.20. The molecule has 0 aliphatic rings. The molecule has 7 heteroatoms. The minimum Gasteiger partial charge on any atom is -0.493 e. The van der Waals surface area contributed by atoms with Crippen molar-refractivity contribution in [1.82, 2.24) is 0 Å². The van der Waals surface area contributed by atoms with Crippen molar-refractivity contribution < 1.29 is 33.0 Å². The fourth-order valence-electron chi connectivity index (χ4n) is 2.28. The summed E-state index contributed by atoms with van der Waals surface area (Å²) in [6, 6.07) is 9.51. The van der Waals surface area contributed by atoms with E-state index in [1.165, 1.54) is 45.2 Å². The molecular weight excluding hydrogens is 355 g/mol. The zero-order valence-electron chi connectivity index (χ0n) is 15.2. The van der Waals surface area contributed by atoms with Gasteiger partial charge in [-0.2, -0.15) is 0 Å². The molecule has 0 unspecified atom stereocenters. The Bertz CT molecular complexity index is 844. The van der Waals surface area contributed by atoms with Crippen LogP contribution in [-0.4, -0.2) is 37.4 Å². The Morgan fingerprint density at radius 3 is 2.22 bits per heavy atom. The van der Waals surface area contributed by atoms with Gasteiger partial charge in [-0.1, -0.05) is 0 Å². The Hall–Kier alpha value is -3.22. The van der Waals surface area contributed by atoms with Crippen molar-refractivity contribution in [1.29, 1.82) is 0 Å². The summed E-state index contributed by atoms with van der Waals surface area (Å²) in [5.41, 5.74) is 0.680. The molecule has 0 N–H and O–H groups in total. The Morgan fingerprint density at radius 1 is 1.00 bits per heavy atom. The number of ether oxygens (including phenoxy) is 3. The number of methoxy groups -OCH3 is 1. The Labute approximate surface area is 155 Å². The van der Waals surface area contributed by atoms with Crippen molar-refractivity contribution in [2.75, 3.05) is 13.7 Å². The second-order valence-electron chi connectivity index (χ2n) is 5.71. The molecule has 2 aromatic rings. The minimum absolute atomic E-state index is 0.132. The van der Waals surface area contributed by atoms with Gasteiger partial charge >= 0.3 is 5.97 Å². The molecule has 27 heavy (non-hydrogen) atoms. The zero-order valence-corrected chi connectivity index (χ0v) is 15.2. The maximum absolute atomic E-state index is 12.9. The first-order chi connectivity index (χ1) is 12.8. The first kappa shape index (κ1) is 20.1. The number of benzene rings is 2. The molecule has 0 aliphatic carbocycles. The van der Waals surface area contributed by atoms with Crippen LogP contribution >= 0.6 is 0 Å². The highest BCUT2D eigenvalue weighted by atomic mass is 19.1. The summed E-state index contributed by atoms with van der Waals surface area (Å²) in [5, 5.41) is 0. The fraction of sp³-hybridized carbons (Fsp3) is 0.250. The number of carbonyl (C=O) groups is 3. The number of hydrogen-bond donors (Lipinski definition) is 0. The van der Waals surface area contributed by atoms with E-state index in [1.807, 2.05) is 0 Å². The summed E-state index contributed by atoms with van der Waals surface area (Å²) in [7, 11) is 1.41. The van der Waals surface area contributed by atoms with E-state index < -0.39 is 30.3 Å². The molecule has 1 atom stereocenters. The van der Waals surface area contributed by atoms with E-state index in [0.29, 0.717) is 11.3 Å². The molecule has 0 fully saturated rings. The molecular formula is C20H19FO6. The van der Waals surface area contributed by atoms with Gasteiger partial charge in [0.05, 0.1) is 7.11 Å². The van der Waals surface area contributed by atoms with Crippen molar-refractivity contribution in [2.24, 2.45) is 0 Å². The summed E-state index contributed by atoms with van der Waals surface area (Å²) < 4.78 is 28.5. The SMILES string of the molecule is COc1cc(C(C)=O)ccc1OCC(=O)O[C@H](C)C(=O)c1ccc(F)cc1. The van der Waals surface area contributed by atoms with Crippen molar-refractivity contribution in [3.05, 3.63) is 59.4 Å². The summed E-state index contributed by atoms with van der Waals surface area (Å²) in [6.45, 7) is 2.40. The van der Waals surface area contributed by atoms with Gasteiger partial charge in [-0.05, 0) is 56.3 Å². The Balaban J connectivity index is 1.94. The molecule has 142 valence electrons. The predicted octanol–water partition coefficient (Wildman–Crippen LogP) is 3.23. The summed E-state index contributed by atoms with van der Waals surface area (Å²) >= 11 is 0. The van der Waals surface area contributed by atoms with Crippen molar-refractivity contribution in [2.45, 2.75) is 20.0 Å². The van der Waals surface area contributed by atoms with E-state index in [4.69, 9.17) is 14.2 Å². The number of rotatable bonds is 8. The van der Waals surface area contributed by atoms with Crippen LogP contribution in [0.1, 0.15) is 34.6 Å². The average molecular weight is 374 g/mol. The van der Waals surface area contributed by atoms with Crippen molar-refractivity contribution >= 4 is 17.5 Å². The highest BCUT2D eigenvalue weighted by molar-refractivity contribution is 6.00. The molecule has 0 aliphatic heterocycles. The van der Waals surface area contributed by atoms with E-state index >= 15 is 0 Å². The van der Waals surface area contributed by atoms with Crippen molar-refractivity contribution in [3.8, 4) is 11.5 Å². The smallest absolute Gasteiger partial charge is 0.344 e. The highest BCUT2D eigenvalue weighted by Crippen LogP contribution is 2.28. The van der Waals surface area contributed by atoms with Gasteiger partial charge in [-0.25, -0.2) is 9.18 Å². The number of halogens is 1. The molecule has 2 rings (SSSR count). The third-order valence-electron chi connectivity index (χ3n) is 3.72. The number of esters is 1. The van der Waals surface area contributed by atoms with Crippen LogP contribution in [0, 0.1) is 5.82 Å². The van der Waals surface area contributed by atoms with Gasteiger partial charge in [0.25, 0.3) is 0 Å². The minimum atomic E-state index is -1.05. The van der Waals surface area contributed by atoms with E-state index in [1.54, 1.807) is 6.07 Å². The molecule has 0 saturated heterocycles. The van der Waals surface area contributed by atoms with Crippen LogP contribution < -0.4 is 9.47 Å². The van der Waals surface area contributed by atoms with Gasteiger partial charge in [0.1, 0.15) is 5.82 Å². The summed E-state index contributed by atoms with van der Waals surface area (Å²) in [5.74, 6) is -1.24. The quantitative estimate of drug-likeness (QED) is 0.521. The number of hydrogen-bond acceptors (Lipinski definition) is 6. The van der Waals surface area contributed by atoms with Crippen LogP contribution in [0.5, 0.6) is 11.5 Å². The lowest BCUT2D eigenvalue weighted by molar-refractivity contribution is -0.148. The van der Waals surface area contributed by atoms with E-state index in [9.17, 15) is 18.8 Å². The zero-order chi connectivity index (χ0) is 20.0. The van der Waals surface area contributed by atoms with E-state index in [-0.39, 0.29) is 17.1 Å². The molecule has 2 aromatic carbocycles. The van der Waals surface area contributed by atoms with E-state index in [0.717, 1.165) is 12.1 Å². The fourth-order valence-corrected chi connectivity index (χ4v) is 2.28. The normalized spacial score (nSPS) is 11.4. The molecule has 0 spiro atoms. The second-order valence-corrected chi connectivity index (χ2v) is 5.71. The Kier molecular flexibility index (Phi) is 6.65. The summed E-state index contributed by atoms with van der Waals surface area (Å²) in [6.07, 6.45) is -1.05. The standard InChI is InChI=1S/C20H19FO6/c1-12(22)15-6-9-17(18(10-15)25-3)26-11-19(23)27-13(2)20(24)14-4-7-16(21)8-5-14/h4-10,13H,11H2,1-3H3/t13-/m1/s1. The predicted molar refractivity (Wildman–Crippen MR) is 94.8 cm³/mol. The molecule has 0 aromatic heterocycles. The summed E-state index contributed by atoms with van der Waals surface area (Å²) in [4.78, 5) is 35.5. The lowest BCUT2D eigenvalue weighted by atomic mass is 10.1. The number of Topliss-reactive ketones (excluding diaryl/α,β-unsaturated/α-hetero) is 2. The maximum Gasteiger partial charge on any atom is 0.344 e. The van der Waals surface area contributed by atoms with Crippen LogP contribution in [0.2, 0.25) is 0 Å². The number of carbonyl (C=O) groups excluding carboxylic acids is 3. The van der Waals surface area contributed by atoms with Crippen LogP contribution in [-0.2, 0) is 9.53 Å². The largest absolute Gasteiger partial charge is 0.493 e. The maximum atomic E-state index is 12.9. The topological polar surface area (TPSA) is 78.9 Å². The molecule has 0 radical (unpaired) electrons. The third-order valence-corrected chi connectivity index (χ3v) is 3.72. The first-order valence-corrected chi connectivity index (χ1v) is 8.13. The van der Waals surface area contributed by atoms with Crippen LogP contribution in [0.3, 0.4) is 0 Å². The second kappa shape index (κ2) is 8.93. The molecule has 0 saturated carbocycles. The lowest BCUT2D eigenvalue weighted by Gasteiger charge is -2.14. The molecule has 6 nitrogen and oxygen atoms in total. The van der Waals surface area contributed by atoms with Gasteiger partial charge in [0.15, 0.2) is 30.0 Å². The number of ketones is 2. The first-order valence-electron chi connectivity index (χ1n) is 8.13. The third kappa shape index (κ3) is 5.37. The van der Waals surface area contributed by atoms with Crippen LogP contribution in [0.4, 0.5) is 4.39 Å². The average Bonchev–Trinajstić information content (AvgIpc) is 2.66.